The Balaban J connectivity index is 1.82. The fourth-order valence-electron chi connectivity index (χ4n) is 1.92. The van der Waals surface area contributed by atoms with Crippen molar-refractivity contribution in [3.8, 4) is 0 Å². The number of carbonyl (C=O) groups is 2. The van der Waals surface area contributed by atoms with Crippen LogP contribution in [0.2, 0.25) is 0 Å². The lowest BCUT2D eigenvalue weighted by molar-refractivity contribution is -0.134. The fourth-order valence-corrected chi connectivity index (χ4v) is 2.83. The maximum Gasteiger partial charge on any atom is 0.244 e. The van der Waals surface area contributed by atoms with Gasteiger partial charge in [0, 0.05) is 30.7 Å². The molecule has 1 unspecified atom stereocenters. The minimum Gasteiger partial charge on any atom is -0.465 e. The zero-order chi connectivity index (χ0) is 14.4. The van der Waals surface area contributed by atoms with Gasteiger partial charge >= 0.3 is 0 Å². The van der Waals surface area contributed by atoms with Gasteiger partial charge in [0.1, 0.15) is 11.8 Å². The van der Waals surface area contributed by atoms with E-state index >= 15 is 0 Å². The molecule has 108 valence electrons. The Morgan fingerprint density at radius 2 is 2.20 bits per heavy atom. The Bertz CT molecular complexity index is 479. The Morgan fingerprint density at radius 3 is 2.85 bits per heavy atom. The average molecular weight is 294 g/mol. The number of rotatable bonds is 4. The Morgan fingerprint density at radius 1 is 1.45 bits per heavy atom. The van der Waals surface area contributed by atoms with Crippen LogP contribution in [0.15, 0.2) is 28.9 Å². The Hall–Kier alpha value is -1.69. The Kier molecular flexibility index (Phi) is 5.29. The summed E-state index contributed by atoms with van der Waals surface area (Å²) < 4.78 is 5.09. The van der Waals surface area contributed by atoms with E-state index in [1.54, 1.807) is 30.0 Å². The lowest BCUT2D eigenvalue weighted by Crippen LogP contribution is -2.49. The molecule has 1 fully saturated rings. The molecule has 1 atom stereocenters. The summed E-state index contributed by atoms with van der Waals surface area (Å²) in [7, 11) is 0. The molecular weight excluding hydrogens is 276 g/mol. The van der Waals surface area contributed by atoms with Gasteiger partial charge in [-0.3, -0.25) is 9.59 Å². The number of thioether (sulfide) groups is 1. The van der Waals surface area contributed by atoms with E-state index in [0.29, 0.717) is 5.76 Å². The molecule has 2 heterocycles. The number of amides is 2. The van der Waals surface area contributed by atoms with E-state index in [9.17, 15) is 9.59 Å². The number of furan rings is 1. The van der Waals surface area contributed by atoms with Gasteiger partial charge in [-0.2, -0.15) is 11.8 Å². The third-order valence-electron chi connectivity index (χ3n) is 2.99. The number of carbonyl (C=O) groups excluding carboxylic acids is 2. The lowest BCUT2D eigenvalue weighted by atomic mass is 10.2. The molecule has 1 saturated heterocycles. The molecule has 1 aromatic heterocycles. The topological polar surface area (TPSA) is 62.6 Å². The van der Waals surface area contributed by atoms with Crippen molar-refractivity contribution < 1.29 is 14.0 Å². The van der Waals surface area contributed by atoms with Crippen LogP contribution in [0.1, 0.15) is 12.7 Å². The van der Waals surface area contributed by atoms with Crippen LogP contribution in [-0.4, -0.2) is 47.4 Å². The van der Waals surface area contributed by atoms with Crippen LogP contribution in [0.3, 0.4) is 0 Å². The maximum absolute atomic E-state index is 12.1. The third-order valence-corrected chi connectivity index (χ3v) is 3.94. The molecule has 0 spiro atoms. The minimum absolute atomic E-state index is 0.0231. The smallest absolute Gasteiger partial charge is 0.244 e. The monoisotopic (exact) mass is 294 g/mol. The van der Waals surface area contributed by atoms with Crippen LogP contribution in [0.25, 0.3) is 6.08 Å². The average Bonchev–Trinajstić information content (AvgIpc) is 2.98. The predicted octanol–water partition coefficient (Wildman–Crippen LogP) is 1.37. The molecule has 0 bridgehead atoms. The largest absolute Gasteiger partial charge is 0.465 e. The van der Waals surface area contributed by atoms with Gasteiger partial charge in [0.05, 0.1) is 6.26 Å². The second kappa shape index (κ2) is 7.19. The summed E-state index contributed by atoms with van der Waals surface area (Å²) in [6.45, 7) is 3.22. The first-order chi connectivity index (χ1) is 9.66. The van der Waals surface area contributed by atoms with Crippen LogP contribution in [0.5, 0.6) is 0 Å². The van der Waals surface area contributed by atoms with Gasteiger partial charge in [-0.15, -0.1) is 0 Å². The standard InChI is InChI=1S/C14H18N2O3S/c1-11(14(18)16-6-9-20-10-7-16)15-13(17)5-4-12-3-2-8-19-12/h2-5,8,11H,6-7,9-10H2,1H3,(H,15,17)/b5-4+. The summed E-state index contributed by atoms with van der Waals surface area (Å²) in [5.74, 6) is 2.21. The molecule has 0 aliphatic carbocycles. The van der Waals surface area contributed by atoms with Crippen molar-refractivity contribution in [1.82, 2.24) is 10.2 Å². The van der Waals surface area contributed by atoms with E-state index in [2.05, 4.69) is 5.32 Å². The van der Waals surface area contributed by atoms with Gasteiger partial charge in [0.2, 0.25) is 11.8 Å². The van der Waals surface area contributed by atoms with E-state index in [4.69, 9.17) is 4.42 Å². The normalized spacial score (nSPS) is 17.1. The molecule has 2 rings (SSSR count). The van der Waals surface area contributed by atoms with E-state index in [1.165, 1.54) is 12.3 Å². The maximum atomic E-state index is 12.1. The molecular formula is C14H18N2O3S. The van der Waals surface area contributed by atoms with Crippen molar-refractivity contribution in [3.05, 3.63) is 30.2 Å². The Labute approximate surface area is 122 Å². The molecule has 1 aliphatic rings. The van der Waals surface area contributed by atoms with Gasteiger partial charge < -0.3 is 14.6 Å². The SMILES string of the molecule is CC(NC(=O)/C=C/c1ccco1)C(=O)N1CCSCC1. The summed E-state index contributed by atoms with van der Waals surface area (Å²) in [4.78, 5) is 25.7. The molecule has 2 amide bonds. The first-order valence-corrected chi connectivity index (χ1v) is 7.71. The molecule has 0 aromatic carbocycles. The zero-order valence-corrected chi connectivity index (χ0v) is 12.2. The second-order valence-electron chi connectivity index (χ2n) is 4.52. The van der Waals surface area contributed by atoms with E-state index in [1.807, 2.05) is 11.8 Å². The van der Waals surface area contributed by atoms with Crippen LogP contribution in [-0.2, 0) is 9.59 Å². The molecule has 1 aliphatic heterocycles. The number of nitrogens with zero attached hydrogens (tertiary/aromatic N) is 1. The predicted molar refractivity (Wildman–Crippen MR) is 79.3 cm³/mol. The highest BCUT2D eigenvalue weighted by Crippen LogP contribution is 2.10. The van der Waals surface area contributed by atoms with Crippen molar-refractivity contribution >= 4 is 29.7 Å². The van der Waals surface area contributed by atoms with Crippen molar-refractivity contribution in [2.24, 2.45) is 0 Å². The quantitative estimate of drug-likeness (QED) is 0.852. The van der Waals surface area contributed by atoms with Crippen molar-refractivity contribution in [1.29, 1.82) is 0 Å². The second-order valence-corrected chi connectivity index (χ2v) is 5.74. The molecule has 0 saturated carbocycles. The molecule has 0 radical (unpaired) electrons. The van der Waals surface area contributed by atoms with Crippen molar-refractivity contribution in [2.75, 3.05) is 24.6 Å². The van der Waals surface area contributed by atoms with Crippen LogP contribution in [0.4, 0.5) is 0 Å². The highest BCUT2D eigenvalue weighted by atomic mass is 32.2. The van der Waals surface area contributed by atoms with E-state index in [0.717, 1.165) is 24.6 Å². The summed E-state index contributed by atoms with van der Waals surface area (Å²) in [6.07, 6.45) is 4.48. The summed E-state index contributed by atoms with van der Waals surface area (Å²) in [5, 5.41) is 2.67. The molecule has 1 aromatic rings. The van der Waals surface area contributed by atoms with Crippen molar-refractivity contribution in [2.45, 2.75) is 13.0 Å². The number of hydrogen-bond acceptors (Lipinski definition) is 4. The highest BCUT2D eigenvalue weighted by molar-refractivity contribution is 7.99. The van der Waals surface area contributed by atoms with Gasteiger partial charge in [0.15, 0.2) is 0 Å². The minimum atomic E-state index is -0.508. The van der Waals surface area contributed by atoms with Crippen LogP contribution >= 0.6 is 11.8 Å². The van der Waals surface area contributed by atoms with Gasteiger partial charge in [0.25, 0.3) is 0 Å². The molecule has 1 N–H and O–H groups in total. The van der Waals surface area contributed by atoms with Crippen molar-refractivity contribution in [3.63, 3.8) is 0 Å². The first-order valence-electron chi connectivity index (χ1n) is 6.55. The van der Waals surface area contributed by atoms with Crippen LogP contribution < -0.4 is 5.32 Å². The number of hydrogen-bond donors (Lipinski definition) is 1. The lowest BCUT2D eigenvalue weighted by Gasteiger charge is -2.29. The van der Waals surface area contributed by atoms with E-state index in [-0.39, 0.29) is 11.8 Å². The van der Waals surface area contributed by atoms with Gasteiger partial charge in [-0.05, 0) is 25.1 Å². The highest BCUT2D eigenvalue weighted by Gasteiger charge is 2.22. The van der Waals surface area contributed by atoms with Gasteiger partial charge in [-0.1, -0.05) is 0 Å². The number of nitrogens with one attached hydrogen (secondary N) is 1. The third kappa shape index (κ3) is 4.16. The molecule has 20 heavy (non-hydrogen) atoms. The zero-order valence-electron chi connectivity index (χ0n) is 11.4. The molecule has 6 heteroatoms. The molecule has 5 nitrogen and oxygen atoms in total. The van der Waals surface area contributed by atoms with Gasteiger partial charge in [-0.25, -0.2) is 0 Å². The summed E-state index contributed by atoms with van der Waals surface area (Å²) in [5.41, 5.74) is 0. The fraction of sp³-hybridized carbons (Fsp3) is 0.429. The summed E-state index contributed by atoms with van der Waals surface area (Å²) in [6, 6.07) is 2.99. The summed E-state index contributed by atoms with van der Waals surface area (Å²) >= 11 is 1.85. The van der Waals surface area contributed by atoms with E-state index < -0.39 is 6.04 Å². The van der Waals surface area contributed by atoms with Crippen LogP contribution in [0, 0.1) is 0 Å². The first kappa shape index (κ1) is 14.7.